The summed E-state index contributed by atoms with van der Waals surface area (Å²) in [7, 11) is 0. The van der Waals surface area contributed by atoms with Crippen molar-refractivity contribution in [2.24, 2.45) is 0 Å². The third-order valence-electron chi connectivity index (χ3n) is 8.25. The fourth-order valence-corrected chi connectivity index (χ4v) is 5.67. The highest BCUT2D eigenvalue weighted by Crippen LogP contribution is 2.27. The molecule has 2 unspecified atom stereocenters. The van der Waals surface area contributed by atoms with Gasteiger partial charge in [-0.2, -0.15) is 0 Å². The van der Waals surface area contributed by atoms with Crippen LogP contribution in [0.2, 0.25) is 0 Å². The first-order valence-electron chi connectivity index (χ1n) is 15.6. The van der Waals surface area contributed by atoms with Gasteiger partial charge in [-0.05, 0) is 12.5 Å². The lowest BCUT2D eigenvalue weighted by atomic mass is 10.0. The van der Waals surface area contributed by atoms with Crippen LogP contribution in [0.3, 0.4) is 0 Å². The zero-order chi connectivity index (χ0) is 32.2. The van der Waals surface area contributed by atoms with E-state index in [-0.39, 0.29) is 24.6 Å². The number of phenolic OH excluding ortho intramolecular Hbond substituents is 2. The third kappa shape index (κ3) is 10.7. The highest BCUT2D eigenvalue weighted by molar-refractivity contribution is 5.43. The minimum atomic E-state index is -1.06. The van der Waals surface area contributed by atoms with Crippen molar-refractivity contribution in [3.05, 3.63) is 94.0 Å². The summed E-state index contributed by atoms with van der Waals surface area (Å²) in [6, 6.07) is 19.9. The highest BCUT2D eigenvalue weighted by Gasteiger charge is 2.21. The predicted molar refractivity (Wildman–Crippen MR) is 173 cm³/mol. The van der Waals surface area contributed by atoms with Gasteiger partial charge in [0.2, 0.25) is 0 Å². The van der Waals surface area contributed by atoms with E-state index in [4.69, 9.17) is 10.2 Å². The molecule has 2 atom stereocenters. The van der Waals surface area contributed by atoms with Gasteiger partial charge in [0.15, 0.2) is 0 Å². The van der Waals surface area contributed by atoms with Gasteiger partial charge in [0.1, 0.15) is 24.0 Å². The van der Waals surface area contributed by atoms with E-state index < -0.39 is 25.7 Å². The van der Waals surface area contributed by atoms with Crippen molar-refractivity contribution in [3.63, 3.8) is 0 Å². The second-order valence-corrected chi connectivity index (χ2v) is 11.8. The molecule has 1 heterocycles. The van der Waals surface area contributed by atoms with Crippen molar-refractivity contribution in [1.29, 1.82) is 0 Å². The molecule has 0 aliphatic carbocycles. The zero-order valence-electron chi connectivity index (χ0n) is 26.1. The first kappa shape index (κ1) is 34.8. The molecule has 4 rings (SSSR count). The molecular weight excluding hydrogens is 574 g/mol. The molecule has 11 nitrogen and oxygen atoms in total. The van der Waals surface area contributed by atoms with Gasteiger partial charge in [0.05, 0.1) is 13.2 Å². The number of aliphatic hydroxyl groups is 4. The van der Waals surface area contributed by atoms with Crippen molar-refractivity contribution in [3.8, 4) is 11.5 Å². The second-order valence-electron chi connectivity index (χ2n) is 11.8. The first-order valence-corrected chi connectivity index (χ1v) is 15.6. The van der Waals surface area contributed by atoms with Crippen LogP contribution in [0.4, 0.5) is 0 Å². The summed E-state index contributed by atoms with van der Waals surface area (Å²) in [4.78, 5) is 7.13. The molecule has 0 bridgehead atoms. The molecule has 246 valence electrons. The van der Waals surface area contributed by atoms with Gasteiger partial charge in [-0.25, -0.2) is 0 Å². The average molecular weight is 624 g/mol. The Morgan fingerprint density at radius 1 is 0.600 bits per heavy atom. The molecule has 1 aliphatic rings. The summed E-state index contributed by atoms with van der Waals surface area (Å²) >= 11 is 0. The molecule has 3 aromatic rings. The molecule has 45 heavy (non-hydrogen) atoms. The number of rotatable bonds is 14. The van der Waals surface area contributed by atoms with Crippen molar-refractivity contribution in [2.45, 2.75) is 52.1 Å². The Morgan fingerprint density at radius 2 is 1.07 bits per heavy atom. The standard InChI is InChI=1S/C34H49N5O6/c1-25-16-29(19-36-32(43)24-41)34(45)30(17-25)22-39-13-11-37(20-26-6-3-2-4-7-26)10-12-38(14-15-39)21-28-9-5-8-27(33(28)44)18-35-31(42)23-40/h2-9,16-17,31-32,35-36,40-45H,10-15,18-24H2,1H3. The van der Waals surface area contributed by atoms with Crippen molar-refractivity contribution >= 4 is 0 Å². The van der Waals surface area contributed by atoms with E-state index in [2.05, 4.69) is 49.6 Å². The minimum Gasteiger partial charge on any atom is -0.507 e. The predicted octanol–water partition coefficient (Wildman–Crippen LogP) is 1.03. The lowest BCUT2D eigenvalue weighted by Crippen LogP contribution is -2.35. The third-order valence-corrected chi connectivity index (χ3v) is 8.25. The normalized spacial score (nSPS) is 17.0. The van der Waals surface area contributed by atoms with E-state index in [1.54, 1.807) is 6.07 Å². The van der Waals surface area contributed by atoms with Gasteiger partial charge in [-0.3, -0.25) is 25.3 Å². The Bertz CT molecular complexity index is 1330. The van der Waals surface area contributed by atoms with E-state index in [0.29, 0.717) is 24.2 Å². The number of nitrogens with zero attached hydrogens (tertiary/aromatic N) is 3. The van der Waals surface area contributed by atoms with Crippen LogP contribution in [0.15, 0.2) is 60.7 Å². The number of para-hydroxylation sites is 1. The van der Waals surface area contributed by atoms with Crippen LogP contribution in [-0.2, 0) is 32.7 Å². The number of hydrogen-bond donors (Lipinski definition) is 8. The molecule has 0 aromatic heterocycles. The Balaban J connectivity index is 1.52. The molecule has 0 spiro atoms. The van der Waals surface area contributed by atoms with E-state index in [0.717, 1.165) is 62.5 Å². The summed E-state index contributed by atoms with van der Waals surface area (Å²) in [5.41, 5.74) is 5.19. The molecular formula is C34H49N5O6. The van der Waals surface area contributed by atoms with Gasteiger partial charge in [0, 0.05) is 94.2 Å². The number of benzene rings is 3. The number of aromatic hydroxyl groups is 2. The van der Waals surface area contributed by atoms with Gasteiger partial charge in [-0.15, -0.1) is 0 Å². The summed E-state index contributed by atoms with van der Waals surface area (Å²) in [6.45, 7) is 8.40. The fourth-order valence-electron chi connectivity index (χ4n) is 5.67. The number of aliphatic hydroxyl groups excluding tert-OH is 4. The molecule has 1 fully saturated rings. The number of aryl methyl sites for hydroxylation is 1. The number of phenols is 2. The van der Waals surface area contributed by atoms with Crippen molar-refractivity contribution < 1.29 is 30.6 Å². The molecule has 0 saturated carbocycles. The SMILES string of the molecule is Cc1cc(CNC(O)CO)c(O)c(CN2CCN(Cc3ccccc3)CCN(Cc3cccc(CNC(O)CO)c3O)CC2)c1. The molecule has 1 aliphatic heterocycles. The van der Waals surface area contributed by atoms with E-state index in [1.807, 2.05) is 37.3 Å². The molecule has 8 N–H and O–H groups in total. The Morgan fingerprint density at radius 3 is 1.64 bits per heavy atom. The van der Waals surface area contributed by atoms with Crippen LogP contribution >= 0.6 is 0 Å². The monoisotopic (exact) mass is 623 g/mol. The highest BCUT2D eigenvalue weighted by atomic mass is 16.3. The van der Waals surface area contributed by atoms with Crippen LogP contribution in [0.1, 0.15) is 33.4 Å². The Kier molecular flexibility index (Phi) is 13.6. The smallest absolute Gasteiger partial charge is 0.128 e. The molecule has 11 heteroatoms. The molecule has 1 saturated heterocycles. The molecule has 0 amide bonds. The lowest BCUT2D eigenvalue weighted by Gasteiger charge is -2.27. The Labute approximate surface area is 266 Å². The number of hydrogen-bond acceptors (Lipinski definition) is 11. The van der Waals surface area contributed by atoms with Crippen molar-refractivity contribution in [2.75, 3.05) is 52.5 Å². The van der Waals surface area contributed by atoms with Gasteiger partial charge in [0.25, 0.3) is 0 Å². The van der Waals surface area contributed by atoms with Gasteiger partial charge in [-0.1, -0.05) is 66.2 Å². The maximum Gasteiger partial charge on any atom is 0.128 e. The van der Waals surface area contributed by atoms with Crippen LogP contribution in [-0.4, -0.2) is 110 Å². The number of nitrogens with one attached hydrogen (secondary N) is 2. The van der Waals surface area contributed by atoms with E-state index in [1.165, 1.54) is 5.56 Å². The Hall–Kier alpha value is -3.10. The fraction of sp³-hybridized carbons (Fsp3) is 0.471. The molecule has 3 aromatic carbocycles. The average Bonchev–Trinajstić information content (AvgIpc) is 3.13. The van der Waals surface area contributed by atoms with Crippen LogP contribution < -0.4 is 10.6 Å². The summed E-state index contributed by atoms with van der Waals surface area (Å²) in [6.07, 6.45) is -2.11. The van der Waals surface area contributed by atoms with Crippen LogP contribution in [0.25, 0.3) is 0 Å². The quantitative estimate of drug-likeness (QED) is 0.121. The largest absolute Gasteiger partial charge is 0.507 e. The van der Waals surface area contributed by atoms with E-state index >= 15 is 0 Å². The zero-order valence-corrected chi connectivity index (χ0v) is 26.1. The maximum absolute atomic E-state index is 11.2. The summed E-state index contributed by atoms with van der Waals surface area (Å²) in [5.74, 6) is 0.378. The summed E-state index contributed by atoms with van der Waals surface area (Å²) in [5, 5.41) is 65.6. The minimum absolute atomic E-state index is 0.185. The van der Waals surface area contributed by atoms with Crippen LogP contribution in [0.5, 0.6) is 11.5 Å². The first-order chi connectivity index (χ1) is 21.7. The lowest BCUT2D eigenvalue weighted by molar-refractivity contribution is 0.0663. The second kappa shape index (κ2) is 17.6. The molecule has 0 radical (unpaired) electrons. The van der Waals surface area contributed by atoms with Gasteiger partial charge >= 0.3 is 0 Å². The topological polar surface area (TPSA) is 155 Å². The van der Waals surface area contributed by atoms with Crippen molar-refractivity contribution in [1.82, 2.24) is 25.3 Å². The van der Waals surface area contributed by atoms with Gasteiger partial charge < -0.3 is 30.6 Å². The maximum atomic E-state index is 11.2. The van der Waals surface area contributed by atoms with Crippen LogP contribution in [0, 0.1) is 6.92 Å². The van der Waals surface area contributed by atoms with E-state index in [9.17, 15) is 20.4 Å². The summed E-state index contributed by atoms with van der Waals surface area (Å²) < 4.78 is 0.